The Morgan fingerprint density at radius 2 is 1.50 bits per heavy atom. The third-order valence-electron chi connectivity index (χ3n) is 4.37. The van der Waals surface area contributed by atoms with Gasteiger partial charge in [0.1, 0.15) is 5.70 Å². The van der Waals surface area contributed by atoms with Crippen LogP contribution in [0.15, 0.2) is 98.9 Å². The SMILES string of the molecule is NC(=Nc1ccc(S(N)(=O)=O)cc1)NC(=O)/C(=C\c1ccc(Br)cc1)NC(=O)c1ccccc1. The fourth-order valence-electron chi connectivity index (χ4n) is 2.73. The molecule has 34 heavy (non-hydrogen) atoms. The highest BCUT2D eigenvalue weighted by atomic mass is 79.9. The topological polar surface area (TPSA) is 157 Å². The predicted molar refractivity (Wildman–Crippen MR) is 133 cm³/mol. The highest BCUT2D eigenvalue weighted by Gasteiger charge is 2.16. The summed E-state index contributed by atoms with van der Waals surface area (Å²) in [6.45, 7) is 0. The molecule has 0 radical (unpaired) electrons. The number of halogens is 1. The molecule has 0 aliphatic heterocycles. The van der Waals surface area contributed by atoms with E-state index in [0.717, 1.165) is 4.47 Å². The van der Waals surface area contributed by atoms with Crippen LogP contribution in [-0.4, -0.2) is 26.2 Å². The van der Waals surface area contributed by atoms with E-state index in [9.17, 15) is 18.0 Å². The van der Waals surface area contributed by atoms with Gasteiger partial charge in [0.05, 0.1) is 10.6 Å². The van der Waals surface area contributed by atoms with Gasteiger partial charge in [0.25, 0.3) is 11.8 Å². The van der Waals surface area contributed by atoms with E-state index in [-0.39, 0.29) is 22.2 Å². The number of aliphatic imine (C=N–C) groups is 1. The normalized spacial score (nSPS) is 12.2. The van der Waals surface area contributed by atoms with Crippen molar-refractivity contribution in [2.24, 2.45) is 15.9 Å². The Balaban J connectivity index is 1.83. The van der Waals surface area contributed by atoms with Gasteiger partial charge in [-0.3, -0.25) is 14.9 Å². The number of nitrogens with two attached hydrogens (primary N) is 2. The quantitative estimate of drug-likeness (QED) is 0.214. The van der Waals surface area contributed by atoms with Gasteiger partial charge in [-0.05, 0) is 60.2 Å². The van der Waals surface area contributed by atoms with Crippen molar-refractivity contribution in [1.82, 2.24) is 10.6 Å². The molecule has 3 rings (SSSR count). The van der Waals surface area contributed by atoms with E-state index >= 15 is 0 Å². The van der Waals surface area contributed by atoms with Crippen molar-refractivity contribution < 1.29 is 18.0 Å². The maximum atomic E-state index is 12.9. The van der Waals surface area contributed by atoms with E-state index in [1.165, 1.54) is 30.3 Å². The first-order valence-electron chi connectivity index (χ1n) is 9.74. The molecule has 2 amide bonds. The molecule has 0 fully saturated rings. The zero-order chi connectivity index (χ0) is 24.7. The standard InChI is InChI=1S/C23H20BrN5O4S/c24-17-8-6-15(7-9-17)14-20(28-21(30)16-4-2-1-3-5-16)22(31)29-23(25)27-18-10-12-19(13-11-18)34(26,32)33/h1-14H,(H,28,30)(H2,26,32,33)(H3,25,27,29,31)/b20-14+. The number of nitrogens with one attached hydrogen (secondary N) is 2. The Kier molecular flexibility index (Phi) is 7.95. The molecule has 174 valence electrons. The lowest BCUT2D eigenvalue weighted by Crippen LogP contribution is -2.41. The summed E-state index contributed by atoms with van der Waals surface area (Å²) >= 11 is 3.35. The van der Waals surface area contributed by atoms with Crippen LogP contribution < -0.4 is 21.5 Å². The van der Waals surface area contributed by atoms with E-state index in [4.69, 9.17) is 10.9 Å². The van der Waals surface area contributed by atoms with Crippen molar-refractivity contribution in [1.29, 1.82) is 0 Å². The second kappa shape index (κ2) is 10.9. The number of hydrogen-bond donors (Lipinski definition) is 4. The maximum absolute atomic E-state index is 12.9. The molecule has 6 N–H and O–H groups in total. The molecule has 3 aromatic rings. The lowest BCUT2D eigenvalue weighted by Gasteiger charge is -2.11. The average molecular weight is 542 g/mol. The number of rotatable bonds is 6. The second-order valence-corrected chi connectivity index (χ2v) is 9.40. The van der Waals surface area contributed by atoms with Gasteiger partial charge in [0.2, 0.25) is 16.0 Å². The van der Waals surface area contributed by atoms with Gasteiger partial charge in [0, 0.05) is 10.0 Å². The molecular weight excluding hydrogens is 522 g/mol. The smallest absolute Gasteiger partial charge is 0.274 e. The monoisotopic (exact) mass is 541 g/mol. The molecule has 0 atom stereocenters. The highest BCUT2D eigenvalue weighted by Crippen LogP contribution is 2.16. The molecule has 0 aliphatic rings. The molecule has 0 aliphatic carbocycles. The van der Waals surface area contributed by atoms with Crippen molar-refractivity contribution in [3.05, 3.63) is 100 Å². The second-order valence-electron chi connectivity index (χ2n) is 6.92. The first-order valence-corrected chi connectivity index (χ1v) is 12.1. The molecule has 0 saturated carbocycles. The van der Waals surface area contributed by atoms with Crippen LogP contribution in [0.1, 0.15) is 15.9 Å². The number of primary sulfonamides is 1. The highest BCUT2D eigenvalue weighted by molar-refractivity contribution is 9.10. The number of carbonyl (C=O) groups excluding carboxylic acids is 2. The van der Waals surface area contributed by atoms with Gasteiger partial charge in [-0.15, -0.1) is 0 Å². The third kappa shape index (κ3) is 7.10. The summed E-state index contributed by atoms with van der Waals surface area (Å²) in [6.07, 6.45) is 1.50. The van der Waals surface area contributed by atoms with Crippen molar-refractivity contribution in [3.63, 3.8) is 0 Å². The number of hydrogen-bond acceptors (Lipinski definition) is 5. The van der Waals surface area contributed by atoms with Crippen LogP contribution in [0.25, 0.3) is 6.08 Å². The minimum atomic E-state index is -3.85. The number of benzene rings is 3. The molecule has 0 aromatic heterocycles. The average Bonchev–Trinajstić information content (AvgIpc) is 2.80. The molecule has 11 heteroatoms. The lowest BCUT2D eigenvalue weighted by atomic mass is 10.1. The number of guanidine groups is 1. The van der Waals surface area contributed by atoms with Crippen LogP contribution >= 0.6 is 15.9 Å². The van der Waals surface area contributed by atoms with Gasteiger partial charge in [-0.1, -0.05) is 46.3 Å². The van der Waals surface area contributed by atoms with Crippen molar-refractivity contribution in [3.8, 4) is 0 Å². The maximum Gasteiger partial charge on any atom is 0.274 e. The van der Waals surface area contributed by atoms with Crippen molar-refractivity contribution in [2.75, 3.05) is 0 Å². The molecule has 0 heterocycles. The van der Waals surface area contributed by atoms with E-state index < -0.39 is 21.8 Å². The first-order chi connectivity index (χ1) is 16.1. The van der Waals surface area contributed by atoms with Crippen LogP contribution in [0.4, 0.5) is 5.69 Å². The van der Waals surface area contributed by atoms with Gasteiger partial charge in [-0.2, -0.15) is 0 Å². The van der Waals surface area contributed by atoms with Crippen LogP contribution in [0.2, 0.25) is 0 Å². The third-order valence-corrected chi connectivity index (χ3v) is 5.82. The zero-order valence-corrected chi connectivity index (χ0v) is 20.0. The first kappa shape index (κ1) is 24.8. The summed E-state index contributed by atoms with van der Waals surface area (Å²) in [6, 6.07) is 20.8. The van der Waals surface area contributed by atoms with E-state index in [0.29, 0.717) is 11.1 Å². The van der Waals surface area contributed by atoms with Crippen molar-refractivity contribution >= 4 is 55.5 Å². The predicted octanol–water partition coefficient (Wildman–Crippen LogP) is 2.63. The lowest BCUT2D eigenvalue weighted by molar-refractivity contribution is -0.116. The fourth-order valence-corrected chi connectivity index (χ4v) is 3.51. The van der Waals surface area contributed by atoms with Crippen LogP contribution in [0.3, 0.4) is 0 Å². The van der Waals surface area contributed by atoms with Gasteiger partial charge < -0.3 is 11.1 Å². The Hall–Kier alpha value is -3.80. The molecule has 3 aromatic carbocycles. The van der Waals surface area contributed by atoms with Crippen molar-refractivity contribution in [2.45, 2.75) is 4.90 Å². The van der Waals surface area contributed by atoms with Crippen LogP contribution in [-0.2, 0) is 14.8 Å². The Bertz CT molecular complexity index is 1350. The minimum absolute atomic E-state index is 0.0566. The number of nitrogens with zero attached hydrogens (tertiary/aromatic N) is 1. The van der Waals surface area contributed by atoms with Gasteiger partial charge in [0.15, 0.2) is 0 Å². The summed E-state index contributed by atoms with van der Waals surface area (Å²) in [4.78, 5) is 29.5. The Morgan fingerprint density at radius 1 is 0.882 bits per heavy atom. The van der Waals surface area contributed by atoms with Crippen LogP contribution in [0, 0.1) is 0 Å². The molecule has 0 saturated heterocycles. The Morgan fingerprint density at radius 3 is 2.09 bits per heavy atom. The summed E-state index contributed by atoms with van der Waals surface area (Å²) in [7, 11) is -3.85. The Labute approximate surface area is 204 Å². The largest absolute Gasteiger partial charge is 0.369 e. The zero-order valence-electron chi connectivity index (χ0n) is 17.6. The summed E-state index contributed by atoms with van der Waals surface area (Å²) in [5.41, 5.74) is 7.12. The minimum Gasteiger partial charge on any atom is -0.369 e. The van der Waals surface area contributed by atoms with E-state index in [1.54, 1.807) is 54.6 Å². The fraction of sp³-hybridized carbons (Fsp3) is 0. The molecule has 9 nitrogen and oxygen atoms in total. The molecule has 0 unspecified atom stereocenters. The summed E-state index contributed by atoms with van der Waals surface area (Å²) in [5.74, 6) is -1.44. The van der Waals surface area contributed by atoms with Gasteiger partial charge in [-0.25, -0.2) is 18.5 Å². The van der Waals surface area contributed by atoms with E-state index in [1.807, 2.05) is 0 Å². The summed E-state index contributed by atoms with van der Waals surface area (Å²) < 4.78 is 23.6. The number of carbonyl (C=O) groups is 2. The number of sulfonamides is 1. The molecular formula is C23H20BrN5O4S. The van der Waals surface area contributed by atoms with E-state index in [2.05, 4.69) is 31.6 Å². The van der Waals surface area contributed by atoms with Gasteiger partial charge >= 0.3 is 0 Å². The molecule has 0 bridgehead atoms. The number of amides is 2. The molecule has 0 spiro atoms. The summed E-state index contributed by atoms with van der Waals surface area (Å²) in [5, 5.41) is 10.1. The van der Waals surface area contributed by atoms with Crippen LogP contribution in [0.5, 0.6) is 0 Å².